The van der Waals surface area contributed by atoms with Gasteiger partial charge in [-0.1, -0.05) is 18.2 Å². The second kappa shape index (κ2) is 9.86. The zero-order valence-electron chi connectivity index (χ0n) is 18.0. The smallest absolute Gasteiger partial charge is 0.412 e. The summed E-state index contributed by atoms with van der Waals surface area (Å²) in [6.45, 7) is 0.423. The lowest BCUT2D eigenvalue weighted by atomic mass is 10.1. The average Bonchev–Trinajstić information content (AvgIpc) is 3.45. The van der Waals surface area contributed by atoms with Crippen LogP contribution in [0.4, 0.5) is 10.5 Å². The van der Waals surface area contributed by atoms with E-state index in [0.29, 0.717) is 17.0 Å². The highest BCUT2D eigenvalue weighted by Crippen LogP contribution is 2.29. The molecule has 0 saturated carbocycles. The van der Waals surface area contributed by atoms with Crippen molar-refractivity contribution < 1.29 is 28.5 Å². The Labute approximate surface area is 195 Å². The molecule has 3 heterocycles. The summed E-state index contributed by atoms with van der Waals surface area (Å²) in [7, 11) is 0. The highest BCUT2D eigenvalue weighted by molar-refractivity contribution is 5.93. The van der Waals surface area contributed by atoms with Crippen molar-refractivity contribution in [2.24, 2.45) is 0 Å². The van der Waals surface area contributed by atoms with Crippen molar-refractivity contribution in [2.75, 3.05) is 18.5 Å². The fourth-order valence-corrected chi connectivity index (χ4v) is 3.87. The Kier molecular flexibility index (Phi) is 6.32. The van der Waals surface area contributed by atoms with Crippen LogP contribution in [0.5, 0.6) is 11.5 Å². The first kappa shape index (κ1) is 21.8. The lowest BCUT2D eigenvalue weighted by Crippen LogP contribution is -2.44. The number of carbonyl (C=O) groups is 2. The molecule has 10 heteroatoms. The standard InChI is InChI=1S/C24H22N4O6/c29-23(15-10-25-14-26-11-15)28-19-12-31-22-20(13-32-21(19)22)34-24(30)27-16-6-8-18(9-7-16)33-17-4-2-1-3-5-17/h1-11,14,19-22H,12-13H2,(H,27,30)(H,28,29)/t19-,20+,21+,22+/m0/s1. The van der Waals surface area contributed by atoms with Crippen molar-refractivity contribution in [3.05, 3.63) is 78.9 Å². The zero-order chi connectivity index (χ0) is 23.3. The fraction of sp³-hybridized carbons (Fsp3) is 0.250. The molecule has 2 saturated heterocycles. The van der Waals surface area contributed by atoms with E-state index in [4.69, 9.17) is 18.9 Å². The maximum absolute atomic E-state index is 12.4. The van der Waals surface area contributed by atoms with E-state index >= 15 is 0 Å². The molecule has 0 spiro atoms. The molecule has 2 N–H and O–H groups in total. The van der Waals surface area contributed by atoms with Crippen LogP contribution >= 0.6 is 0 Å². The lowest BCUT2D eigenvalue weighted by Gasteiger charge is -2.18. The van der Waals surface area contributed by atoms with E-state index < -0.39 is 24.4 Å². The number of nitrogens with zero attached hydrogens (tertiary/aromatic N) is 2. The SMILES string of the molecule is O=C(Nc1ccc(Oc2ccccc2)cc1)O[C@@H]1CO[C@H]2[C@@H]1OC[C@@H]2NC(=O)c1cncnc1. The van der Waals surface area contributed by atoms with Crippen molar-refractivity contribution in [2.45, 2.75) is 24.4 Å². The van der Waals surface area contributed by atoms with Gasteiger partial charge in [0, 0.05) is 18.1 Å². The Morgan fingerprint density at radius 3 is 2.35 bits per heavy atom. The van der Waals surface area contributed by atoms with Crippen LogP contribution in [0.2, 0.25) is 0 Å². The number of para-hydroxylation sites is 1. The molecule has 0 radical (unpaired) electrons. The molecular weight excluding hydrogens is 440 g/mol. The van der Waals surface area contributed by atoms with Crippen LogP contribution in [0, 0.1) is 0 Å². The highest BCUT2D eigenvalue weighted by Gasteiger charge is 2.50. The Morgan fingerprint density at radius 2 is 1.59 bits per heavy atom. The zero-order valence-corrected chi connectivity index (χ0v) is 18.0. The van der Waals surface area contributed by atoms with E-state index in [1.54, 1.807) is 24.3 Å². The van der Waals surface area contributed by atoms with Gasteiger partial charge in [0.15, 0.2) is 6.10 Å². The average molecular weight is 462 g/mol. The topological polar surface area (TPSA) is 121 Å². The molecule has 2 aliphatic rings. The van der Waals surface area contributed by atoms with Crippen molar-refractivity contribution in [3.8, 4) is 11.5 Å². The molecule has 174 valence electrons. The fourth-order valence-electron chi connectivity index (χ4n) is 3.87. The molecule has 2 aliphatic heterocycles. The molecule has 5 rings (SSSR count). The molecule has 0 bridgehead atoms. The van der Waals surface area contributed by atoms with Crippen molar-refractivity contribution in [1.82, 2.24) is 15.3 Å². The first-order valence-electron chi connectivity index (χ1n) is 10.8. The van der Waals surface area contributed by atoms with Gasteiger partial charge in [-0.25, -0.2) is 14.8 Å². The number of rotatable bonds is 6. The number of hydrogen-bond donors (Lipinski definition) is 2. The summed E-state index contributed by atoms with van der Waals surface area (Å²) in [6, 6.07) is 16.0. The van der Waals surface area contributed by atoms with Gasteiger partial charge >= 0.3 is 6.09 Å². The normalized spacial score (nSPS) is 23.1. The summed E-state index contributed by atoms with van der Waals surface area (Å²) in [5.41, 5.74) is 0.903. The van der Waals surface area contributed by atoms with E-state index in [9.17, 15) is 9.59 Å². The summed E-state index contributed by atoms with van der Waals surface area (Å²) in [4.78, 5) is 32.5. The second-order valence-electron chi connectivity index (χ2n) is 7.81. The molecule has 34 heavy (non-hydrogen) atoms. The van der Waals surface area contributed by atoms with Gasteiger partial charge < -0.3 is 24.3 Å². The largest absolute Gasteiger partial charge is 0.457 e. The molecule has 2 amide bonds. The van der Waals surface area contributed by atoms with Gasteiger partial charge in [-0.2, -0.15) is 0 Å². The minimum atomic E-state index is -0.622. The van der Waals surface area contributed by atoms with Crippen LogP contribution in [0.3, 0.4) is 0 Å². The Hall–Kier alpha value is -4.02. The van der Waals surface area contributed by atoms with Gasteiger partial charge in [0.2, 0.25) is 0 Å². The molecule has 0 aliphatic carbocycles. The van der Waals surface area contributed by atoms with Gasteiger partial charge in [0.1, 0.15) is 30.0 Å². The molecule has 0 unspecified atom stereocenters. The number of anilines is 1. The summed E-state index contributed by atoms with van der Waals surface area (Å²) in [5, 5.41) is 5.56. The number of amides is 2. The third-order valence-corrected chi connectivity index (χ3v) is 5.49. The molecule has 2 aromatic carbocycles. The highest BCUT2D eigenvalue weighted by atomic mass is 16.6. The van der Waals surface area contributed by atoms with E-state index in [1.165, 1.54) is 18.7 Å². The number of nitrogens with one attached hydrogen (secondary N) is 2. The molecule has 3 aromatic rings. The number of benzene rings is 2. The maximum Gasteiger partial charge on any atom is 0.412 e. The van der Waals surface area contributed by atoms with E-state index in [0.717, 1.165) is 5.75 Å². The predicted octanol–water partition coefficient (Wildman–Crippen LogP) is 2.78. The second-order valence-corrected chi connectivity index (χ2v) is 7.81. The predicted molar refractivity (Wildman–Crippen MR) is 120 cm³/mol. The van der Waals surface area contributed by atoms with Crippen molar-refractivity contribution in [1.29, 1.82) is 0 Å². The van der Waals surface area contributed by atoms with Crippen molar-refractivity contribution >= 4 is 17.7 Å². The quantitative estimate of drug-likeness (QED) is 0.574. The maximum atomic E-state index is 12.4. The van der Waals surface area contributed by atoms with Crippen LogP contribution < -0.4 is 15.4 Å². The number of aromatic nitrogens is 2. The van der Waals surface area contributed by atoms with Gasteiger partial charge in [0.25, 0.3) is 5.91 Å². The minimum Gasteiger partial charge on any atom is -0.457 e. The van der Waals surface area contributed by atoms with E-state index in [-0.39, 0.29) is 25.2 Å². The van der Waals surface area contributed by atoms with E-state index in [2.05, 4.69) is 20.6 Å². The third-order valence-electron chi connectivity index (χ3n) is 5.49. The third kappa shape index (κ3) is 4.98. The Balaban J connectivity index is 1.12. The molecular formula is C24H22N4O6. The first-order valence-corrected chi connectivity index (χ1v) is 10.8. The number of fused-ring (bicyclic) bond motifs is 1. The molecule has 1 aromatic heterocycles. The van der Waals surface area contributed by atoms with Crippen LogP contribution in [0.15, 0.2) is 73.3 Å². The summed E-state index contributed by atoms with van der Waals surface area (Å²) >= 11 is 0. The molecule has 10 nitrogen and oxygen atoms in total. The summed E-state index contributed by atoms with van der Waals surface area (Å²) < 4.78 is 22.8. The van der Waals surface area contributed by atoms with Crippen LogP contribution in [0.25, 0.3) is 0 Å². The van der Waals surface area contributed by atoms with Gasteiger partial charge in [-0.3, -0.25) is 10.1 Å². The van der Waals surface area contributed by atoms with E-state index in [1.807, 2.05) is 30.3 Å². The number of carbonyl (C=O) groups excluding carboxylic acids is 2. The first-order chi connectivity index (χ1) is 16.7. The molecule has 2 fully saturated rings. The summed E-state index contributed by atoms with van der Waals surface area (Å²) in [5.74, 6) is 1.05. The van der Waals surface area contributed by atoms with Gasteiger partial charge in [-0.15, -0.1) is 0 Å². The van der Waals surface area contributed by atoms with Crippen LogP contribution in [-0.2, 0) is 14.2 Å². The molecule has 4 atom stereocenters. The summed E-state index contributed by atoms with van der Waals surface area (Å²) in [6.07, 6.45) is 2.12. The van der Waals surface area contributed by atoms with Gasteiger partial charge in [0.05, 0.1) is 24.8 Å². The Bertz CT molecular complexity index is 1130. The van der Waals surface area contributed by atoms with Crippen LogP contribution in [-0.4, -0.2) is 59.5 Å². The Morgan fingerprint density at radius 1 is 0.882 bits per heavy atom. The number of hydrogen-bond acceptors (Lipinski definition) is 8. The monoisotopic (exact) mass is 462 g/mol. The lowest BCUT2D eigenvalue weighted by molar-refractivity contribution is 0.00861. The van der Waals surface area contributed by atoms with Crippen molar-refractivity contribution in [3.63, 3.8) is 0 Å². The minimum absolute atomic E-state index is 0.174. The number of ether oxygens (including phenoxy) is 4. The van der Waals surface area contributed by atoms with Crippen LogP contribution in [0.1, 0.15) is 10.4 Å². The van der Waals surface area contributed by atoms with Gasteiger partial charge in [-0.05, 0) is 36.4 Å².